The van der Waals surface area contributed by atoms with Gasteiger partial charge in [0.25, 0.3) is 0 Å². The van der Waals surface area contributed by atoms with E-state index >= 15 is 0 Å². The number of ether oxygens (including phenoxy) is 2. The van der Waals surface area contributed by atoms with Gasteiger partial charge in [-0.1, -0.05) is 13.8 Å². The first-order chi connectivity index (χ1) is 8.68. The Morgan fingerprint density at radius 1 is 1.39 bits per heavy atom. The number of methoxy groups -OCH3 is 1. The molecule has 2 fully saturated rings. The molecule has 1 aliphatic heterocycles. The maximum absolute atomic E-state index is 6.08. The van der Waals surface area contributed by atoms with E-state index in [4.69, 9.17) is 9.47 Å². The van der Waals surface area contributed by atoms with E-state index in [2.05, 4.69) is 19.2 Å². The van der Waals surface area contributed by atoms with Crippen molar-refractivity contribution in [3.8, 4) is 0 Å². The molecule has 0 bridgehead atoms. The molecule has 0 spiro atoms. The Bertz CT molecular complexity index is 253. The molecular formula is C15H29NO2. The minimum atomic E-state index is 0.365. The maximum atomic E-state index is 6.08. The molecule has 18 heavy (non-hydrogen) atoms. The van der Waals surface area contributed by atoms with Crippen LogP contribution in [0.15, 0.2) is 0 Å². The molecular weight excluding hydrogens is 226 g/mol. The Labute approximate surface area is 112 Å². The fraction of sp³-hybridized carbons (Fsp3) is 1.00. The molecule has 0 radical (unpaired) electrons. The first kappa shape index (κ1) is 14.3. The van der Waals surface area contributed by atoms with E-state index < -0.39 is 0 Å². The van der Waals surface area contributed by atoms with Crippen LogP contribution in [0.2, 0.25) is 0 Å². The largest absolute Gasteiger partial charge is 0.385 e. The van der Waals surface area contributed by atoms with Crippen molar-refractivity contribution in [1.82, 2.24) is 5.32 Å². The van der Waals surface area contributed by atoms with Gasteiger partial charge >= 0.3 is 0 Å². The van der Waals surface area contributed by atoms with Gasteiger partial charge < -0.3 is 14.8 Å². The second-order valence-corrected chi connectivity index (χ2v) is 6.37. The molecule has 0 aromatic carbocycles. The van der Waals surface area contributed by atoms with Crippen molar-refractivity contribution in [2.75, 3.05) is 26.9 Å². The standard InChI is InChI=1S/C15H29NO2/c1-12(2)16-11-15(7-4-9-17-3)8-10-18-14(15)13-5-6-13/h12-14,16H,4-11H2,1-3H3. The number of hydrogen-bond acceptors (Lipinski definition) is 3. The van der Waals surface area contributed by atoms with Crippen LogP contribution in [-0.2, 0) is 9.47 Å². The quantitative estimate of drug-likeness (QED) is 0.676. The monoisotopic (exact) mass is 255 g/mol. The lowest BCUT2D eigenvalue weighted by Gasteiger charge is -2.35. The fourth-order valence-corrected chi connectivity index (χ4v) is 3.26. The predicted molar refractivity (Wildman–Crippen MR) is 73.8 cm³/mol. The molecule has 3 heteroatoms. The lowest BCUT2D eigenvalue weighted by molar-refractivity contribution is 0.0215. The summed E-state index contributed by atoms with van der Waals surface area (Å²) in [5.41, 5.74) is 0.365. The normalized spacial score (nSPS) is 32.3. The van der Waals surface area contributed by atoms with Gasteiger partial charge in [0.15, 0.2) is 0 Å². The van der Waals surface area contributed by atoms with Crippen LogP contribution < -0.4 is 5.32 Å². The summed E-state index contributed by atoms with van der Waals surface area (Å²) >= 11 is 0. The van der Waals surface area contributed by atoms with Crippen molar-refractivity contribution in [2.45, 2.75) is 58.1 Å². The highest BCUT2D eigenvalue weighted by molar-refractivity contribution is 5.00. The molecule has 2 aliphatic rings. The fourth-order valence-electron chi connectivity index (χ4n) is 3.26. The van der Waals surface area contributed by atoms with Gasteiger partial charge in [-0.25, -0.2) is 0 Å². The van der Waals surface area contributed by atoms with Crippen LogP contribution >= 0.6 is 0 Å². The summed E-state index contributed by atoms with van der Waals surface area (Å²) in [6.07, 6.45) is 6.86. The summed E-state index contributed by atoms with van der Waals surface area (Å²) in [4.78, 5) is 0. The molecule has 0 aromatic heterocycles. The summed E-state index contributed by atoms with van der Waals surface area (Å²) in [7, 11) is 1.79. The third-order valence-electron chi connectivity index (χ3n) is 4.44. The molecule has 2 atom stereocenters. The highest BCUT2D eigenvalue weighted by Crippen LogP contribution is 2.49. The van der Waals surface area contributed by atoms with Crippen LogP contribution in [0.25, 0.3) is 0 Å². The SMILES string of the molecule is COCCCC1(CNC(C)C)CCOC1C1CC1. The van der Waals surface area contributed by atoms with Gasteiger partial charge in [-0.15, -0.1) is 0 Å². The summed E-state index contributed by atoms with van der Waals surface area (Å²) in [6.45, 7) is 7.39. The van der Waals surface area contributed by atoms with Gasteiger partial charge in [0.05, 0.1) is 6.10 Å². The molecule has 3 nitrogen and oxygen atoms in total. The molecule has 1 heterocycles. The molecule has 1 saturated carbocycles. The lowest BCUT2D eigenvalue weighted by atomic mass is 9.75. The molecule has 2 unspecified atom stereocenters. The second-order valence-electron chi connectivity index (χ2n) is 6.37. The van der Waals surface area contributed by atoms with E-state index in [1.807, 2.05) is 0 Å². The van der Waals surface area contributed by atoms with Crippen molar-refractivity contribution in [1.29, 1.82) is 0 Å². The zero-order valence-corrected chi connectivity index (χ0v) is 12.2. The second kappa shape index (κ2) is 6.36. The molecule has 1 N–H and O–H groups in total. The number of rotatable bonds is 8. The van der Waals surface area contributed by atoms with Crippen LogP contribution in [0.3, 0.4) is 0 Å². The zero-order chi connectivity index (χ0) is 13.0. The van der Waals surface area contributed by atoms with Crippen molar-refractivity contribution >= 4 is 0 Å². The Kier molecular flexibility index (Phi) is 5.05. The van der Waals surface area contributed by atoms with E-state index in [1.54, 1.807) is 7.11 Å². The van der Waals surface area contributed by atoms with Crippen LogP contribution in [-0.4, -0.2) is 39.0 Å². The van der Waals surface area contributed by atoms with Gasteiger partial charge in [0.1, 0.15) is 0 Å². The molecule has 0 amide bonds. The average molecular weight is 255 g/mol. The maximum Gasteiger partial charge on any atom is 0.0672 e. The topological polar surface area (TPSA) is 30.5 Å². The van der Waals surface area contributed by atoms with Crippen molar-refractivity contribution in [3.63, 3.8) is 0 Å². The van der Waals surface area contributed by atoms with Gasteiger partial charge in [-0.2, -0.15) is 0 Å². The minimum Gasteiger partial charge on any atom is -0.385 e. The molecule has 1 saturated heterocycles. The third-order valence-corrected chi connectivity index (χ3v) is 4.44. The van der Waals surface area contributed by atoms with Gasteiger partial charge in [0.2, 0.25) is 0 Å². The van der Waals surface area contributed by atoms with Crippen LogP contribution in [0.5, 0.6) is 0 Å². The van der Waals surface area contributed by atoms with Crippen LogP contribution in [0, 0.1) is 11.3 Å². The lowest BCUT2D eigenvalue weighted by Crippen LogP contribution is -2.44. The highest BCUT2D eigenvalue weighted by atomic mass is 16.5. The van der Waals surface area contributed by atoms with E-state index in [0.717, 1.165) is 32.1 Å². The molecule has 106 valence electrons. The van der Waals surface area contributed by atoms with Crippen molar-refractivity contribution < 1.29 is 9.47 Å². The van der Waals surface area contributed by atoms with Gasteiger partial charge in [-0.05, 0) is 38.0 Å². The van der Waals surface area contributed by atoms with E-state index in [9.17, 15) is 0 Å². The molecule has 1 aliphatic carbocycles. The van der Waals surface area contributed by atoms with Crippen molar-refractivity contribution in [2.24, 2.45) is 11.3 Å². The van der Waals surface area contributed by atoms with Crippen LogP contribution in [0.4, 0.5) is 0 Å². The van der Waals surface area contributed by atoms with E-state index in [0.29, 0.717) is 17.6 Å². The number of nitrogens with one attached hydrogen (secondary N) is 1. The number of hydrogen-bond donors (Lipinski definition) is 1. The van der Waals surface area contributed by atoms with E-state index in [1.165, 1.54) is 25.7 Å². The van der Waals surface area contributed by atoms with E-state index in [-0.39, 0.29) is 0 Å². The smallest absolute Gasteiger partial charge is 0.0672 e. The summed E-state index contributed by atoms with van der Waals surface area (Å²) in [6, 6.07) is 0.560. The molecule has 0 aromatic rings. The van der Waals surface area contributed by atoms with Crippen molar-refractivity contribution in [3.05, 3.63) is 0 Å². The van der Waals surface area contributed by atoms with Gasteiger partial charge in [0, 0.05) is 38.3 Å². The average Bonchev–Trinajstić information content (AvgIpc) is 3.09. The third kappa shape index (κ3) is 3.46. The zero-order valence-electron chi connectivity index (χ0n) is 12.2. The minimum absolute atomic E-state index is 0.365. The Morgan fingerprint density at radius 3 is 2.78 bits per heavy atom. The Balaban J connectivity index is 1.95. The van der Waals surface area contributed by atoms with Crippen LogP contribution in [0.1, 0.15) is 46.0 Å². The first-order valence-corrected chi connectivity index (χ1v) is 7.52. The van der Waals surface area contributed by atoms with Gasteiger partial charge in [-0.3, -0.25) is 0 Å². The summed E-state index contributed by atoms with van der Waals surface area (Å²) in [5.74, 6) is 0.837. The predicted octanol–water partition coefficient (Wildman–Crippen LogP) is 2.60. The Morgan fingerprint density at radius 2 is 2.17 bits per heavy atom. The Hall–Kier alpha value is -0.120. The first-order valence-electron chi connectivity index (χ1n) is 7.52. The highest BCUT2D eigenvalue weighted by Gasteiger charge is 2.50. The summed E-state index contributed by atoms with van der Waals surface area (Å²) < 4.78 is 11.3. The summed E-state index contributed by atoms with van der Waals surface area (Å²) in [5, 5.41) is 3.65. The molecule has 2 rings (SSSR count).